The lowest BCUT2D eigenvalue weighted by Gasteiger charge is -2.35. The van der Waals surface area contributed by atoms with E-state index in [1.54, 1.807) is 10.9 Å². The molecule has 6 heteroatoms. The Morgan fingerprint density at radius 1 is 1.50 bits per heavy atom. The fourth-order valence-corrected chi connectivity index (χ4v) is 3.08. The highest BCUT2D eigenvalue weighted by Crippen LogP contribution is 2.32. The molecular weight excluding hydrogens is 324 g/mol. The van der Waals surface area contributed by atoms with E-state index in [4.69, 9.17) is 9.47 Å². The van der Waals surface area contributed by atoms with Gasteiger partial charge in [-0.05, 0) is 29.3 Å². The summed E-state index contributed by atoms with van der Waals surface area (Å²) in [6, 6.07) is 0. The smallest absolute Gasteiger partial charge is 0.213 e. The molecule has 2 rings (SSSR count). The molecule has 0 atom stereocenters. The number of hydrogen-bond donors (Lipinski definition) is 0. The SMILES string of the molecule is CCCn1ncc(Br)c1C(=O)C1(OCC)CCOCC1. The fraction of sp³-hybridized carbons (Fsp3) is 0.714. The first-order valence-electron chi connectivity index (χ1n) is 7.12. The average molecular weight is 345 g/mol. The number of halogens is 1. The van der Waals surface area contributed by atoms with Crippen LogP contribution in [-0.2, 0) is 16.0 Å². The Balaban J connectivity index is 2.34. The van der Waals surface area contributed by atoms with Gasteiger partial charge in [-0.25, -0.2) is 0 Å². The van der Waals surface area contributed by atoms with E-state index >= 15 is 0 Å². The van der Waals surface area contributed by atoms with Gasteiger partial charge in [0.1, 0.15) is 11.3 Å². The van der Waals surface area contributed by atoms with Crippen molar-refractivity contribution in [2.75, 3.05) is 19.8 Å². The number of aryl methyl sites for hydroxylation is 1. The number of hydrogen-bond acceptors (Lipinski definition) is 4. The molecule has 112 valence electrons. The summed E-state index contributed by atoms with van der Waals surface area (Å²) in [7, 11) is 0. The van der Waals surface area contributed by atoms with Crippen LogP contribution >= 0.6 is 15.9 Å². The minimum absolute atomic E-state index is 0.0143. The Bertz CT molecular complexity index is 461. The summed E-state index contributed by atoms with van der Waals surface area (Å²) in [4.78, 5) is 13.0. The molecule has 1 aliphatic rings. The molecule has 1 aromatic heterocycles. The quantitative estimate of drug-likeness (QED) is 0.744. The number of ether oxygens (including phenoxy) is 2. The van der Waals surface area contributed by atoms with Crippen molar-refractivity contribution in [3.05, 3.63) is 16.4 Å². The van der Waals surface area contributed by atoms with E-state index in [2.05, 4.69) is 28.0 Å². The molecule has 2 heterocycles. The van der Waals surface area contributed by atoms with Crippen LogP contribution in [0, 0.1) is 0 Å². The number of carbonyl (C=O) groups is 1. The normalized spacial score (nSPS) is 18.1. The van der Waals surface area contributed by atoms with Crippen molar-refractivity contribution in [1.82, 2.24) is 9.78 Å². The first-order valence-corrected chi connectivity index (χ1v) is 7.91. The molecule has 0 unspecified atom stereocenters. The Kier molecular flexibility index (Phi) is 5.35. The molecule has 0 aliphatic carbocycles. The van der Waals surface area contributed by atoms with Crippen molar-refractivity contribution in [2.24, 2.45) is 0 Å². The monoisotopic (exact) mass is 344 g/mol. The molecular formula is C14H21BrN2O3. The second kappa shape index (κ2) is 6.83. The van der Waals surface area contributed by atoms with Gasteiger partial charge >= 0.3 is 0 Å². The molecule has 0 spiro atoms. The zero-order valence-electron chi connectivity index (χ0n) is 12.0. The summed E-state index contributed by atoms with van der Waals surface area (Å²) in [5.41, 5.74) is -0.150. The maximum atomic E-state index is 13.0. The van der Waals surface area contributed by atoms with Gasteiger partial charge in [0.05, 0.1) is 10.7 Å². The minimum Gasteiger partial charge on any atom is -0.381 e. The maximum Gasteiger partial charge on any atom is 0.213 e. The van der Waals surface area contributed by atoms with Gasteiger partial charge in [0, 0.05) is 39.2 Å². The molecule has 0 saturated carbocycles. The number of carbonyl (C=O) groups excluding carboxylic acids is 1. The first-order chi connectivity index (χ1) is 9.64. The fourth-order valence-electron chi connectivity index (χ4n) is 2.60. The summed E-state index contributed by atoms with van der Waals surface area (Å²) < 4.78 is 13.7. The second-order valence-electron chi connectivity index (χ2n) is 4.93. The van der Waals surface area contributed by atoms with Crippen LogP contribution in [0.2, 0.25) is 0 Å². The van der Waals surface area contributed by atoms with Crippen LogP contribution < -0.4 is 0 Å². The van der Waals surface area contributed by atoms with Crippen molar-refractivity contribution in [2.45, 2.75) is 45.3 Å². The van der Waals surface area contributed by atoms with E-state index in [0.717, 1.165) is 17.4 Å². The predicted octanol–water partition coefficient (Wildman–Crippen LogP) is 2.82. The van der Waals surface area contributed by atoms with Crippen LogP contribution in [0.1, 0.15) is 43.6 Å². The summed E-state index contributed by atoms with van der Waals surface area (Å²) in [6.45, 7) is 6.35. The minimum atomic E-state index is -0.763. The van der Waals surface area contributed by atoms with E-state index in [1.807, 2.05) is 6.92 Å². The molecule has 5 nitrogen and oxygen atoms in total. The van der Waals surface area contributed by atoms with Gasteiger partial charge in [-0.15, -0.1) is 0 Å². The Hall–Kier alpha value is -0.720. The lowest BCUT2D eigenvalue weighted by Crippen LogP contribution is -2.47. The van der Waals surface area contributed by atoms with Crippen LogP contribution in [0.4, 0.5) is 0 Å². The molecule has 0 radical (unpaired) electrons. The zero-order chi connectivity index (χ0) is 14.6. The summed E-state index contributed by atoms with van der Waals surface area (Å²) in [5.74, 6) is 0.0143. The van der Waals surface area contributed by atoms with Gasteiger partial charge in [0.2, 0.25) is 5.78 Å². The van der Waals surface area contributed by atoms with Gasteiger partial charge in [-0.1, -0.05) is 6.92 Å². The highest BCUT2D eigenvalue weighted by Gasteiger charge is 2.43. The van der Waals surface area contributed by atoms with E-state index in [-0.39, 0.29) is 5.78 Å². The number of Topliss-reactive ketones (excluding diaryl/α,β-unsaturated/α-hetero) is 1. The standard InChI is InChI=1S/C14H21BrN2O3/c1-3-7-17-12(11(15)10-16-17)13(18)14(20-4-2)5-8-19-9-6-14/h10H,3-9H2,1-2H3. The zero-order valence-corrected chi connectivity index (χ0v) is 13.6. The first kappa shape index (κ1) is 15.7. The Morgan fingerprint density at radius 3 is 2.80 bits per heavy atom. The van der Waals surface area contributed by atoms with Gasteiger partial charge in [0.25, 0.3) is 0 Å². The number of aromatic nitrogens is 2. The largest absolute Gasteiger partial charge is 0.381 e. The molecule has 1 fully saturated rings. The third kappa shape index (κ3) is 2.97. The third-order valence-corrected chi connectivity index (χ3v) is 4.16. The molecule has 1 aliphatic heterocycles. The van der Waals surface area contributed by atoms with E-state index in [9.17, 15) is 4.79 Å². The molecule has 20 heavy (non-hydrogen) atoms. The van der Waals surface area contributed by atoms with E-state index in [1.165, 1.54) is 0 Å². The lowest BCUT2D eigenvalue weighted by molar-refractivity contribution is -0.0826. The van der Waals surface area contributed by atoms with Crippen LogP contribution in [-0.4, -0.2) is 41.0 Å². The van der Waals surface area contributed by atoms with Gasteiger partial charge in [-0.2, -0.15) is 5.10 Å². The molecule has 0 aromatic carbocycles. The summed E-state index contributed by atoms with van der Waals surface area (Å²) >= 11 is 3.44. The summed E-state index contributed by atoms with van der Waals surface area (Å²) in [6.07, 6.45) is 3.81. The Morgan fingerprint density at radius 2 is 2.20 bits per heavy atom. The van der Waals surface area contributed by atoms with Crippen molar-refractivity contribution in [3.63, 3.8) is 0 Å². The van der Waals surface area contributed by atoms with Gasteiger partial charge in [0.15, 0.2) is 0 Å². The van der Waals surface area contributed by atoms with E-state index < -0.39 is 5.60 Å². The average Bonchev–Trinajstić information content (AvgIpc) is 2.81. The van der Waals surface area contributed by atoms with Crippen LogP contribution in [0.25, 0.3) is 0 Å². The second-order valence-corrected chi connectivity index (χ2v) is 5.79. The van der Waals surface area contributed by atoms with Crippen LogP contribution in [0.3, 0.4) is 0 Å². The van der Waals surface area contributed by atoms with Crippen molar-refractivity contribution >= 4 is 21.7 Å². The van der Waals surface area contributed by atoms with Crippen LogP contribution in [0.15, 0.2) is 10.7 Å². The molecule has 0 bridgehead atoms. The molecule has 1 saturated heterocycles. The number of nitrogens with zero attached hydrogens (tertiary/aromatic N) is 2. The molecule has 0 N–H and O–H groups in total. The summed E-state index contributed by atoms with van der Waals surface area (Å²) in [5, 5.41) is 4.27. The lowest BCUT2D eigenvalue weighted by atomic mass is 9.87. The van der Waals surface area contributed by atoms with Crippen molar-refractivity contribution in [1.29, 1.82) is 0 Å². The van der Waals surface area contributed by atoms with Crippen molar-refractivity contribution < 1.29 is 14.3 Å². The number of ketones is 1. The van der Waals surface area contributed by atoms with Crippen molar-refractivity contribution in [3.8, 4) is 0 Å². The molecule has 1 aromatic rings. The highest BCUT2D eigenvalue weighted by atomic mass is 79.9. The highest BCUT2D eigenvalue weighted by molar-refractivity contribution is 9.10. The Labute approximate surface area is 127 Å². The van der Waals surface area contributed by atoms with Crippen LogP contribution in [0.5, 0.6) is 0 Å². The van der Waals surface area contributed by atoms with Gasteiger partial charge in [-0.3, -0.25) is 9.48 Å². The van der Waals surface area contributed by atoms with E-state index in [0.29, 0.717) is 38.4 Å². The number of rotatable bonds is 6. The topological polar surface area (TPSA) is 53.4 Å². The maximum absolute atomic E-state index is 13.0. The predicted molar refractivity (Wildman–Crippen MR) is 79.0 cm³/mol. The third-order valence-electron chi connectivity index (χ3n) is 3.58. The van der Waals surface area contributed by atoms with Gasteiger partial charge < -0.3 is 9.47 Å². The molecule has 0 amide bonds.